The van der Waals surface area contributed by atoms with Crippen LogP contribution in [0.1, 0.15) is 24.5 Å². The van der Waals surface area contributed by atoms with E-state index in [9.17, 15) is 9.59 Å². The summed E-state index contributed by atoms with van der Waals surface area (Å²) in [6, 6.07) is 12.8. The van der Waals surface area contributed by atoms with Gasteiger partial charge in [0.2, 0.25) is 0 Å². The molecule has 6 nitrogen and oxygen atoms in total. The lowest BCUT2D eigenvalue weighted by atomic mass is 10.0. The van der Waals surface area contributed by atoms with Crippen LogP contribution in [0.4, 0.5) is 5.69 Å². The van der Waals surface area contributed by atoms with Crippen molar-refractivity contribution in [2.75, 3.05) is 26.1 Å². The zero-order valence-corrected chi connectivity index (χ0v) is 16.5. The van der Waals surface area contributed by atoms with Crippen LogP contribution in [-0.2, 0) is 9.59 Å². The third kappa shape index (κ3) is 3.71. The summed E-state index contributed by atoms with van der Waals surface area (Å²) in [5.74, 6) is 0.556. The van der Waals surface area contributed by atoms with Crippen LogP contribution in [0.3, 0.4) is 0 Å². The minimum Gasteiger partial charge on any atom is -0.497 e. The highest BCUT2D eigenvalue weighted by molar-refractivity contribution is 6.36. The van der Waals surface area contributed by atoms with Gasteiger partial charge in [-0.05, 0) is 18.9 Å². The van der Waals surface area contributed by atoms with Crippen LogP contribution >= 0.6 is 0 Å². The Labute approximate surface area is 164 Å². The van der Waals surface area contributed by atoms with Gasteiger partial charge in [0.05, 0.1) is 19.8 Å². The number of carbonyl (C=O) groups is 2. The number of ether oxygens (including phenoxy) is 2. The Morgan fingerprint density at radius 1 is 0.929 bits per heavy atom. The van der Waals surface area contributed by atoms with Crippen molar-refractivity contribution in [2.45, 2.75) is 20.3 Å². The average Bonchev–Trinajstić information content (AvgIpc) is 2.93. The Morgan fingerprint density at radius 2 is 1.54 bits per heavy atom. The zero-order chi connectivity index (χ0) is 20.3. The van der Waals surface area contributed by atoms with Crippen LogP contribution in [-0.4, -0.2) is 37.5 Å². The predicted octanol–water partition coefficient (Wildman–Crippen LogP) is 3.61. The highest BCUT2D eigenvalue weighted by atomic mass is 16.5. The molecule has 0 bridgehead atoms. The second-order valence-corrected chi connectivity index (χ2v) is 6.60. The number of nitrogens with zero attached hydrogens (tertiary/aromatic N) is 1. The van der Waals surface area contributed by atoms with Crippen LogP contribution < -0.4 is 14.8 Å². The molecule has 6 heteroatoms. The van der Waals surface area contributed by atoms with E-state index in [1.165, 1.54) is 4.90 Å². The van der Waals surface area contributed by atoms with Crippen LogP contribution in [0, 0.1) is 6.92 Å². The van der Waals surface area contributed by atoms with Gasteiger partial charge in [0.25, 0.3) is 11.8 Å². The van der Waals surface area contributed by atoms with Crippen molar-refractivity contribution in [1.82, 2.24) is 4.90 Å². The molecule has 0 aromatic heterocycles. The van der Waals surface area contributed by atoms with E-state index in [-0.39, 0.29) is 17.5 Å². The summed E-state index contributed by atoms with van der Waals surface area (Å²) >= 11 is 0. The van der Waals surface area contributed by atoms with Crippen molar-refractivity contribution in [3.05, 3.63) is 59.3 Å². The van der Waals surface area contributed by atoms with Crippen molar-refractivity contribution < 1.29 is 19.1 Å². The van der Waals surface area contributed by atoms with Crippen LogP contribution in [0.25, 0.3) is 5.57 Å². The first kappa shape index (κ1) is 19.5. The van der Waals surface area contributed by atoms with E-state index in [0.29, 0.717) is 41.3 Å². The highest BCUT2D eigenvalue weighted by Gasteiger charge is 2.38. The van der Waals surface area contributed by atoms with Crippen molar-refractivity contribution in [3.63, 3.8) is 0 Å². The first-order valence-corrected chi connectivity index (χ1v) is 9.16. The predicted molar refractivity (Wildman–Crippen MR) is 108 cm³/mol. The van der Waals surface area contributed by atoms with Crippen LogP contribution in [0.15, 0.2) is 48.2 Å². The summed E-state index contributed by atoms with van der Waals surface area (Å²) in [7, 11) is 3.12. The van der Waals surface area contributed by atoms with Crippen LogP contribution in [0.5, 0.6) is 11.5 Å². The number of anilines is 1. The van der Waals surface area contributed by atoms with E-state index >= 15 is 0 Å². The Bertz CT molecular complexity index is 910. The molecule has 0 spiro atoms. The maximum absolute atomic E-state index is 13.0. The molecule has 1 aliphatic heterocycles. The highest BCUT2D eigenvalue weighted by Crippen LogP contribution is 2.33. The Balaban J connectivity index is 2.08. The van der Waals surface area contributed by atoms with Crippen LogP contribution in [0.2, 0.25) is 0 Å². The summed E-state index contributed by atoms with van der Waals surface area (Å²) in [6.45, 7) is 4.29. The van der Waals surface area contributed by atoms with Gasteiger partial charge in [-0.2, -0.15) is 0 Å². The number of carbonyl (C=O) groups excluding carboxylic acids is 2. The van der Waals surface area contributed by atoms with Crippen molar-refractivity contribution in [3.8, 4) is 11.5 Å². The van der Waals surface area contributed by atoms with Gasteiger partial charge in [0, 0.05) is 30.4 Å². The molecule has 0 unspecified atom stereocenters. The van der Waals surface area contributed by atoms with Crippen molar-refractivity contribution >= 4 is 23.1 Å². The van der Waals surface area contributed by atoms with E-state index in [2.05, 4.69) is 5.32 Å². The lowest BCUT2D eigenvalue weighted by Crippen LogP contribution is -2.33. The zero-order valence-electron chi connectivity index (χ0n) is 16.5. The first-order valence-electron chi connectivity index (χ1n) is 9.16. The smallest absolute Gasteiger partial charge is 0.278 e. The van der Waals surface area contributed by atoms with Gasteiger partial charge in [0.15, 0.2) is 0 Å². The largest absolute Gasteiger partial charge is 0.497 e. The fourth-order valence-corrected chi connectivity index (χ4v) is 3.13. The number of rotatable bonds is 7. The number of aryl methyl sites for hydroxylation is 1. The fraction of sp³-hybridized carbons (Fsp3) is 0.273. The molecule has 1 aliphatic rings. The molecular formula is C22H24N2O4. The molecule has 1 heterocycles. The fourth-order valence-electron chi connectivity index (χ4n) is 3.13. The third-order valence-corrected chi connectivity index (χ3v) is 4.58. The molecule has 28 heavy (non-hydrogen) atoms. The summed E-state index contributed by atoms with van der Waals surface area (Å²) in [4.78, 5) is 27.3. The molecule has 2 amide bonds. The van der Waals surface area contributed by atoms with Crippen molar-refractivity contribution in [1.29, 1.82) is 0 Å². The SMILES string of the molecule is CCCN1C(=O)C(Nc2cc(OC)cc(OC)c2)=C(c2ccc(C)cc2)C1=O. The van der Waals surface area contributed by atoms with E-state index in [0.717, 1.165) is 5.56 Å². The third-order valence-electron chi connectivity index (χ3n) is 4.58. The topological polar surface area (TPSA) is 67.9 Å². The second kappa shape index (κ2) is 8.17. The number of hydrogen-bond acceptors (Lipinski definition) is 5. The minimum absolute atomic E-state index is 0.262. The average molecular weight is 380 g/mol. The number of hydrogen-bond donors (Lipinski definition) is 1. The lowest BCUT2D eigenvalue weighted by Gasteiger charge is -2.14. The van der Waals surface area contributed by atoms with Gasteiger partial charge in [-0.1, -0.05) is 36.8 Å². The Morgan fingerprint density at radius 3 is 2.07 bits per heavy atom. The van der Waals surface area contributed by atoms with Gasteiger partial charge in [-0.25, -0.2) is 0 Å². The summed E-state index contributed by atoms with van der Waals surface area (Å²) < 4.78 is 10.6. The molecular weight excluding hydrogens is 356 g/mol. The molecule has 3 rings (SSSR count). The molecule has 1 N–H and O–H groups in total. The van der Waals surface area contributed by atoms with E-state index < -0.39 is 0 Å². The molecule has 2 aromatic carbocycles. The molecule has 0 aliphatic carbocycles. The standard InChI is InChI=1S/C22H24N2O4/c1-5-10-24-21(25)19(15-8-6-14(2)7-9-15)20(22(24)26)23-16-11-17(27-3)13-18(12-16)28-4/h6-9,11-13,23H,5,10H2,1-4H3. The number of amides is 2. The quantitative estimate of drug-likeness (QED) is 0.743. The Kier molecular flexibility index (Phi) is 5.68. The molecule has 2 aromatic rings. The second-order valence-electron chi connectivity index (χ2n) is 6.60. The maximum atomic E-state index is 13.0. The Hall–Kier alpha value is -3.28. The minimum atomic E-state index is -0.329. The number of imide groups is 1. The molecule has 0 atom stereocenters. The summed E-state index contributed by atoms with van der Waals surface area (Å²) in [5.41, 5.74) is 3.03. The maximum Gasteiger partial charge on any atom is 0.278 e. The lowest BCUT2D eigenvalue weighted by molar-refractivity contribution is -0.136. The van der Waals surface area contributed by atoms with Gasteiger partial charge in [-0.15, -0.1) is 0 Å². The van der Waals surface area contributed by atoms with Gasteiger partial charge in [0.1, 0.15) is 17.2 Å². The summed E-state index contributed by atoms with van der Waals surface area (Å²) in [5, 5.41) is 3.13. The van der Waals surface area contributed by atoms with Gasteiger partial charge < -0.3 is 14.8 Å². The van der Waals surface area contributed by atoms with Gasteiger partial charge in [-0.3, -0.25) is 14.5 Å². The summed E-state index contributed by atoms with van der Waals surface area (Å²) in [6.07, 6.45) is 0.693. The number of benzene rings is 2. The first-order chi connectivity index (χ1) is 13.5. The van der Waals surface area contributed by atoms with E-state index in [1.54, 1.807) is 32.4 Å². The normalized spacial score (nSPS) is 13.9. The molecule has 146 valence electrons. The monoisotopic (exact) mass is 380 g/mol. The molecule has 0 radical (unpaired) electrons. The van der Waals surface area contributed by atoms with Gasteiger partial charge >= 0.3 is 0 Å². The number of methoxy groups -OCH3 is 2. The molecule has 0 saturated heterocycles. The molecule has 0 saturated carbocycles. The van der Waals surface area contributed by atoms with E-state index in [1.807, 2.05) is 38.1 Å². The van der Waals surface area contributed by atoms with E-state index in [4.69, 9.17) is 9.47 Å². The molecule has 0 fully saturated rings. The van der Waals surface area contributed by atoms with Crippen molar-refractivity contribution in [2.24, 2.45) is 0 Å². The number of nitrogens with one attached hydrogen (secondary N) is 1.